The molecule has 1 heterocycles. The monoisotopic (exact) mass is 153 g/mol. The van der Waals surface area contributed by atoms with Crippen molar-refractivity contribution in [3.63, 3.8) is 0 Å². The molecule has 60 valence electrons. The van der Waals surface area contributed by atoms with Gasteiger partial charge in [-0.05, 0) is 12.5 Å². The van der Waals surface area contributed by atoms with Crippen LogP contribution in [0.2, 0.25) is 0 Å². The molecule has 2 rings (SSSR count). The Morgan fingerprint density at radius 3 is 3.27 bits per heavy atom. The molecule has 2 aliphatic rings. The average Bonchev–Trinajstić information content (AvgIpc) is 2.27. The molecule has 0 spiro atoms. The first kappa shape index (κ1) is 6.70. The fraction of sp³-hybridized carbons (Fsp3) is 0.625. The fourth-order valence-electron chi connectivity index (χ4n) is 1.82. The molecule has 3 heteroatoms. The van der Waals surface area contributed by atoms with E-state index in [-0.39, 0.29) is 11.8 Å². The van der Waals surface area contributed by atoms with Crippen molar-refractivity contribution < 1.29 is 9.90 Å². The predicted octanol–water partition coefficient (Wildman–Crippen LogP) is 0.727. The summed E-state index contributed by atoms with van der Waals surface area (Å²) in [5.74, 6) is 0.810. The first-order chi connectivity index (χ1) is 5.25. The number of allylic oxidation sites excluding steroid dienone is 1. The Bertz CT molecular complexity index is 222. The van der Waals surface area contributed by atoms with Gasteiger partial charge in [-0.2, -0.15) is 0 Å². The zero-order chi connectivity index (χ0) is 7.84. The topological polar surface area (TPSA) is 49.3 Å². The molecule has 3 nitrogen and oxygen atoms in total. The molecule has 1 aliphatic heterocycles. The quantitative estimate of drug-likeness (QED) is 0.539. The highest BCUT2D eigenvalue weighted by molar-refractivity contribution is 5.79. The zero-order valence-electron chi connectivity index (χ0n) is 6.21. The van der Waals surface area contributed by atoms with E-state index in [0.29, 0.717) is 24.6 Å². The Labute approximate surface area is 65.1 Å². The van der Waals surface area contributed by atoms with Crippen molar-refractivity contribution in [3.05, 3.63) is 11.8 Å². The summed E-state index contributed by atoms with van der Waals surface area (Å²) in [6.45, 7) is 0. The Kier molecular flexibility index (Phi) is 1.37. The number of carbonyl (C=O) groups is 1. The van der Waals surface area contributed by atoms with Gasteiger partial charge < -0.3 is 10.4 Å². The van der Waals surface area contributed by atoms with E-state index in [9.17, 15) is 4.79 Å². The van der Waals surface area contributed by atoms with Gasteiger partial charge in [0.2, 0.25) is 5.91 Å². The standard InChI is InChI=1S/C8H11NO2/c10-6-1-2-7-5(3-6)4-8(11)9-7/h3,5,7,10H,1-2,4H2,(H,9,11). The number of aliphatic hydroxyl groups is 1. The minimum atomic E-state index is 0.117. The molecule has 0 aromatic rings. The van der Waals surface area contributed by atoms with Gasteiger partial charge in [-0.3, -0.25) is 4.79 Å². The second-order valence-corrected chi connectivity index (χ2v) is 3.24. The molecule has 0 aromatic carbocycles. The molecule has 1 amide bonds. The Balaban J connectivity index is 2.17. The molecule has 11 heavy (non-hydrogen) atoms. The van der Waals surface area contributed by atoms with Crippen LogP contribution < -0.4 is 5.32 Å². The first-order valence-corrected chi connectivity index (χ1v) is 3.95. The second kappa shape index (κ2) is 2.26. The summed E-state index contributed by atoms with van der Waals surface area (Å²) in [7, 11) is 0. The van der Waals surface area contributed by atoms with Crippen molar-refractivity contribution in [3.8, 4) is 0 Å². The van der Waals surface area contributed by atoms with E-state index >= 15 is 0 Å². The fourth-order valence-corrected chi connectivity index (χ4v) is 1.82. The van der Waals surface area contributed by atoms with Crippen LogP contribution in [0.4, 0.5) is 0 Å². The summed E-state index contributed by atoms with van der Waals surface area (Å²) in [5, 5.41) is 12.0. The smallest absolute Gasteiger partial charge is 0.220 e. The van der Waals surface area contributed by atoms with E-state index in [2.05, 4.69) is 5.32 Å². The number of hydrogen-bond donors (Lipinski definition) is 2. The van der Waals surface area contributed by atoms with Gasteiger partial charge in [-0.25, -0.2) is 0 Å². The summed E-state index contributed by atoms with van der Waals surface area (Å²) in [6.07, 6.45) is 3.96. The van der Waals surface area contributed by atoms with E-state index in [1.807, 2.05) is 6.08 Å². The van der Waals surface area contributed by atoms with E-state index in [4.69, 9.17) is 5.11 Å². The van der Waals surface area contributed by atoms with Gasteiger partial charge in [0, 0.05) is 24.8 Å². The third-order valence-corrected chi connectivity index (χ3v) is 2.40. The van der Waals surface area contributed by atoms with E-state index < -0.39 is 0 Å². The number of carbonyl (C=O) groups excluding carboxylic acids is 1. The van der Waals surface area contributed by atoms with Crippen LogP contribution >= 0.6 is 0 Å². The van der Waals surface area contributed by atoms with E-state index in [1.54, 1.807) is 0 Å². The maximum absolute atomic E-state index is 10.9. The predicted molar refractivity (Wildman–Crippen MR) is 40.0 cm³/mol. The average molecular weight is 153 g/mol. The van der Waals surface area contributed by atoms with Crippen molar-refractivity contribution in [2.24, 2.45) is 5.92 Å². The molecular weight excluding hydrogens is 142 g/mol. The van der Waals surface area contributed by atoms with Crippen molar-refractivity contribution >= 4 is 5.91 Å². The van der Waals surface area contributed by atoms with Crippen molar-refractivity contribution in [2.45, 2.75) is 25.3 Å². The lowest BCUT2D eigenvalue weighted by molar-refractivity contribution is -0.119. The van der Waals surface area contributed by atoms with Crippen LogP contribution in [-0.4, -0.2) is 17.1 Å². The van der Waals surface area contributed by atoms with E-state index in [0.717, 1.165) is 6.42 Å². The van der Waals surface area contributed by atoms with E-state index in [1.165, 1.54) is 0 Å². The highest BCUT2D eigenvalue weighted by Crippen LogP contribution is 2.28. The highest BCUT2D eigenvalue weighted by atomic mass is 16.3. The molecule has 2 N–H and O–H groups in total. The minimum absolute atomic E-state index is 0.117. The third-order valence-electron chi connectivity index (χ3n) is 2.40. The summed E-state index contributed by atoms with van der Waals surface area (Å²) < 4.78 is 0. The normalized spacial score (nSPS) is 36.0. The lowest BCUT2D eigenvalue weighted by Gasteiger charge is -2.20. The zero-order valence-corrected chi connectivity index (χ0v) is 6.21. The van der Waals surface area contributed by atoms with Gasteiger partial charge >= 0.3 is 0 Å². The van der Waals surface area contributed by atoms with Gasteiger partial charge in [-0.15, -0.1) is 0 Å². The molecule has 2 atom stereocenters. The summed E-state index contributed by atoms with van der Waals surface area (Å²) in [5.41, 5.74) is 0. The molecule has 0 saturated carbocycles. The molecule has 2 unspecified atom stereocenters. The summed E-state index contributed by atoms with van der Waals surface area (Å²) >= 11 is 0. The van der Waals surface area contributed by atoms with Gasteiger partial charge in [0.25, 0.3) is 0 Å². The highest BCUT2D eigenvalue weighted by Gasteiger charge is 2.33. The Morgan fingerprint density at radius 1 is 1.64 bits per heavy atom. The van der Waals surface area contributed by atoms with Crippen LogP contribution in [0.3, 0.4) is 0 Å². The van der Waals surface area contributed by atoms with Crippen molar-refractivity contribution in [1.29, 1.82) is 0 Å². The third kappa shape index (κ3) is 1.11. The maximum Gasteiger partial charge on any atom is 0.220 e. The van der Waals surface area contributed by atoms with Crippen LogP contribution in [0.5, 0.6) is 0 Å². The number of nitrogens with one attached hydrogen (secondary N) is 1. The van der Waals surface area contributed by atoms with Gasteiger partial charge in [-0.1, -0.05) is 0 Å². The van der Waals surface area contributed by atoms with Crippen LogP contribution in [0.25, 0.3) is 0 Å². The molecule has 0 radical (unpaired) electrons. The molecule has 0 aromatic heterocycles. The minimum Gasteiger partial charge on any atom is -0.513 e. The van der Waals surface area contributed by atoms with Crippen LogP contribution in [0.15, 0.2) is 11.8 Å². The van der Waals surface area contributed by atoms with Crippen LogP contribution in [0.1, 0.15) is 19.3 Å². The maximum atomic E-state index is 10.9. The lowest BCUT2D eigenvalue weighted by atomic mass is 9.90. The summed E-state index contributed by atoms with van der Waals surface area (Å²) in [4.78, 5) is 10.9. The lowest BCUT2D eigenvalue weighted by Crippen LogP contribution is -2.30. The number of hydrogen-bond acceptors (Lipinski definition) is 2. The van der Waals surface area contributed by atoms with Crippen molar-refractivity contribution in [2.75, 3.05) is 0 Å². The van der Waals surface area contributed by atoms with Crippen LogP contribution in [-0.2, 0) is 4.79 Å². The molecule has 0 bridgehead atoms. The Morgan fingerprint density at radius 2 is 2.45 bits per heavy atom. The summed E-state index contributed by atoms with van der Waals surface area (Å²) in [6, 6.07) is 0.290. The van der Waals surface area contributed by atoms with Gasteiger partial charge in [0.1, 0.15) is 0 Å². The number of amides is 1. The largest absolute Gasteiger partial charge is 0.513 e. The van der Waals surface area contributed by atoms with Gasteiger partial charge in [0.05, 0.1) is 5.76 Å². The first-order valence-electron chi connectivity index (χ1n) is 3.95. The second-order valence-electron chi connectivity index (χ2n) is 3.24. The molecule has 1 aliphatic carbocycles. The molecule has 1 fully saturated rings. The Hall–Kier alpha value is -0.990. The number of aliphatic hydroxyl groups excluding tert-OH is 1. The SMILES string of the molecule is O=C1CC2C=C(O)CCC2N1. The molecular formula is C8H11NO2. The van der Waals surface area contributed by atoms with Crippen LogP contribution in [0, 0.1) is 5.92 Å². The number of rotatable bonds is 0. The number of fused-ring (bicyclic) bond motifs is 1. The molecule has 1 saturated heterocycles. The van der Waals surface area contributed by atoms with Gasteiger partial charge in [0.15, 0.2) is 0 Å². The van der Waals surface area contributed by atoms with Crippen molar-refractivity contribution in [1.82, 2.24) is 5.32 Å².